The first-order chi connectivity index (χ1) is 14.1. The third-order valence-corrected chi connectivity index (χ3v) is 4.54. The van der Waals surface area contributed by atoms with Crippen molar-refractivity contribution in [3.63, 3.8) is 0 Å². The van der Waals surface area contributed by atoms with Gasteiger partial charge in [0.05, 0.1) is 25.9 Å². The van der Waals surface area contributed by atoms with Crippen LogP contribution in [0.25, 0.3) is 11.6 Å². The fraction of sp³-hybridized carbons (Fsp3) is 0.125. The molecule has 0 heterocycles. The first-order valence-corrected chi connectivity index (χ1v) is 9.32. The average molecular weight is 406 g/mol. The predicted molar refractivity (Wildman–Crippen MR) is 115 cm³/mol. The van der Waals surface area contributed by atoms with Gasteiger partial charge in [-0.1, -0.05) is 35.9 Å². The summed E-state index contributed by atoms with van der Waals surface area (Å²) in [4.78, 5) is 0. The molecule has 5 heteroatoms. The lowest BCUT2D eigenvalue weighted by molar-refractivity contribution is 0.306. The van der Waals surface area contributed by atoms with E-state index in [1.807, 2.05) is 60.7 Å². The minimum absolute atomic E-state index is 0.435. The molecule has 4 nitrogen and oxygen atoms in total. The molecule has 3 rings (SSSR count). The number of halogens is 1. The number of hydrogen-bond donors (Lipinski definition) is 0. The van der Waals surface area contributed by atoms with E-state index < -0.39 is 0 Å². The van der Waals surface area contributed by atoms with Crippen LogP contribution >= 0.6 is 11.6 Å². The molecule has 0 N–H and O–H groups in total. The number of allylic oxidation sites excluding steroid dienone is 1. The van der Waals surface area contributed by atoms with Crippen LogP contribution in [0, 0.1) is 11.3 Å². The predicted octanol–water partition coefficient (Wildman–Crippen LogP) is 6.00. The van der Waals surface area contributed by atoms with Crippen molar-refractivity contribution in [2.75, 3.05) is 14.2 Å². The van der Waals surface area contributed by atoms with Gasteiger partial charge in [-0.15, -0.1) is 0 Å². The Kier molecular flexibility index (Phi) is 6.78. The maximum Gasteiger partial charge on any atom is 0.161 e. The Morgan fingerprint density at radius 3 is 2.38 bits per heavy atom. The molecule has 0 unspecified atom stereocenters. The summed E-state index contributed by atoms with van der Waals surface area (Å²) in [5.74, 6) is 1.94. The first-order valence-electron chi connectivity index (χ1n) is 8.94. The molecule has 0 aliphatic carbocycles. The second-order valence-corrected chi connectivity index (χ2v) is 6.66. The number of nitrogens with zero attached hydrogens (tertiary/aromatic N) is 1. The number of methoxy groups -OCH3 is 2. The summed E-state index contributed by atoms with van der Waals surface area (Å²) in [6, 6.07) is 22.8. The van der Waals surface area contributed by atoms with E-state index >= 15 is 0 Å². The van der Waals surface area contributed by atoms with E-state index in [2.05, 4.69) is 6.07 Å². The Labute approximate surface area is 175 Å². The molecular weight excluding hydrogens is 386 g/mol. The van der Waals surface area contributed by atoms with Gasteiger partial charge in [-0.2, -0.15) is 5.26 Å². The summed E-state index contributed by atoms with van der Waals surface area (Å²) >= 11 is 5.99. The summed E-state index contributed by atoms with van der Waals surface area (Å²) in [5.41, 5.74) is 3.18. The molecule has 3 aromatic carbocycles. The van der Waals surface area contributed by atoms with Crippen LogP contribution in [0.1, 0.15) is 16.7 Å². The number of hydrogen-bond acceptors (Lipinski definition) is 4. The molecule has 3 aromatic rings. The van der Waals surface area contributed by atoms with E-state index in [4.69, 9.17) is 25.8 Å². The van der Waals surface area contributed by atoms with Crippen molar-refractivity contribution in [1.29, 1.82) is 5.26 Å². The third-order valence-electron chi connectivity index (χ3n) is 4.30. The SMILES string of the molecule is COc1ccc(/C(C#N)=C/c2ccc(OCc3cccc(Cl)c3)cc2)cc1OC. The van der Waals surface area contributed by atoms with Gasteiger partial charge in [-0.25, -0.2) is 0 Å². The van der Waals surface area contributed by atoms with E-state index in [1.54, 1.807) is 26.4 Å². The lowest BCUT2D eigenvalue weighted by Crippen LogP contribution is -1.95. The summed E-state index contributed by atoms with van der Waals surface area (Å²) in [6.45, 7) is 0.435. The Morgan fingerprint density at radius 1 is 0.966 bits per heavy atom. The van der Waals surface area contributed by atoms with Gasteiger partial charge in [0.1, 0.15) is 12.4 Å². The maximum absolute atomic E-state index is 9.59. The number of nitriles is 1. The fourth-order valence-electron chi connectivity index (χ4n) is 2.80. The zero-order valence-corrected chi connectivity index (χ0v) is 16.9. The van der Waals surface area contributed by atoms with Gasteiger partial charge in [0.15, 0.2) is 11.5 Å². The molecule has 0 amide bonds. The highest BCUT2D eigenvalue weighted by atomic mass is 35.5. The van der Waals surface area contributed by atoms with Gasteiger partial charge in [0, 0.05) is 5.02 Å². The molecule has 0 spiro atoms. The van der Waals surface area contributed by atoms with Crippen LogP contribution in [0.5, 0.6) is 17.2 Å². The van der Waals surface area contributed by atoms with Gasteiger partial charge >= 0.3 is 0 Å². The van der Waals surface area contributed by atoms with Crippen molar-refractivity contribution >= 4 is 23.3 Å². The molecule has 0 bridgehead atoms. The zero-order valence-electron chi connectivity index (χ0n) is 16.2. The highest BCUT2D eigenvalue weighted by Crippen LogP contribution is 2.31. The van der Waals surface area contributed by atoms with Crippen LogP contribution in [-0.2, 0) is 6.61 Å². The zero-order chi connectivity index (χ0) is 20.6. The second-order valence-electron chi connectivity index (χ2n) is 6.23. The van der Waals surface area contributed by atoms with Crippen molar-refractivity contribution in [2.24, 2.45) is 0 Å². The van der Waals surface area contributed by atoms with E-state index in [1.165, 1.54) is 0 Å². The maximum atomic E-state index is 9.59. The number of ether oxygens (including phenoxy) is 3. The van der Waals surface area contributed by atoms with E-state index in [0.29, 0.717) is 28.7 Å². The quantitative estimate of drug-likeness (QED) is 0.357. The van der Waals surface area contributed by atoms with Gasteiger partial charge in [0.25, 0.3) is 0 Å². The molecule has 0 saturated carbocycles. The monoisotopic (exact) mass is 405 g/mol. The molecule has 0 saturated heterocycles. The highest BCUT2D eigenvalue weighted by Gasteiger charge is 2.08. The second kappa shape index (κ2) is 9.68. The van der Waals surface area contributed by atoms with Gasteiger partial charge in [0.2, 0.25) is 0 Å². The molecule has 0 atom stereocenters. The smallest absolute Gasteiger partial charge is 0.161 e. The first kappa shape index (κ1) is 20.3. The molecule has 0 aromatic heterocycles. The number of rotatable bonds is 7. The molecule has 29 heavy (non-hydrogen) atoms. The minimum Gasteiger partial charge on any atom is -0.493 e. The van der Waals surface area contributed by atoms with E-state index in [0.717, 1.165) is 22.4 Å². The lowest BCUT2D eigenvalue weighted by atomic mass is 10.0. The van der Waals surface area contributed by atoms with Crippen LogP contribution in [0.15, 0.2) is 66.7 Å². The standard InChI is InChI=1S/C24H20ClNO3/c1-27-23-11-8-19(14-24(23)28-2)20(15-26)12-17-6-9-22(10-7-17)29-16-18-4-3-5-21(25)13-18/h3-14H,16H2,1-2H3/b20-12+. The fourth-order valence-corrected chi connectivity index (χ4v) is 3.02. The van der Waals surface area contributed by atoms with Gasteiger partial charge in [-0.05, 0) is 65.2 Å². The van der Waals surface area contributed by atoms with E-state index in [9.17, 15) is 5.26 Å². The highest BCUT2D eigenvalue weighted by molar-refractivity contribution is 6.30. The molecular formula is C24H20ClNO3. The molecule has 146 valence electrons. The van der Waals surface area contributed by atoms with Crippen molar-refractivity contribution in [1.82, 2.24) is 0 Å². The average Bonchev–Trinajstić information content (AvgIpc) is 2.76. The van der Waals surface area contributed by atoms with Crippen LogP contribution < -0.4 is 14.2 Å². The largest absolute Gasteiger partial charge is 0.493 e. The summed E-state index contributed by atoms with van der Waals surface area (Å²) in [5, 5.41) is 10.3. The van der Waals surface area contributed by atoms with Crippen molar-refractivity contribution in [2.45, 2.75) is 6.61 Å². The Hall–Kier alpha value is -3.42. The van der Waals surface area contributed by atoms with Gasteiger partial charge in [-0.3, -0.25) is 0 Å². The van der Waals surface area contributed by atoms with Crippen LogP contribution in [0.3, 0.4) is 0 Å². The van der Waals surface area contributed by atoms with E-state index in [-0.39, 0.29) is 0 Å². The normalized spacial score (nSPS) is 10.9. The Bertz CT molecular complexity index is 1050. The molecule has 0 fully saturated rings. The molecule has 0 aliphatic heterocycles. The van der Waals surface area contributed by atoms with Gasteiger partial charge < -0.3 is 14.2 Å². The van der Waals surface area contributed by atoms with Crippen molar-refractivity contribution < 1.29 is 14.2 Å². The summed E-state index contributed by atoms with van der Waals surface area (Å²) < 4.78 is 16.4. The topological polar surface area (TPSA) is 51.5 Å². The minimum atomic E-state index is 0.435. The van der Waals surface area contributed by atoms with Crippen molar-refractivity contribution in [3.05, 3.63) is 88.4 Å². The van der Waals surface area contributed by atoms with Crippen LogP contribution in [0.4, 0.5) is 0 Å². The van der Waals surface area contributed by atoms with Crippen LogP contribution in [-0.4, -0.2) is 14.2 Å². The molecule has 0 radical (unpaired) electrons. The Balaban J connectivity index is 1.74. The number of benzene rings is 3. The third kappa shape index (κ3) is 5.31. The summed E-state index contributed by atoms with van der Waals surface area (Å²) in [7, 11) is 3.15. The molecule has 0 aliphatic rings. The summed E-state index contributed by atoms with van der Waals surface area (Å²) in [6.07, 6.45) is 1.82. The van der Waals surface area contributed by atoms with Crippen molar-refractivity contribution in [3.8, 4) is 23.3 Å². The van der Waals surface area contributed by atoms with Crippen LogP contribution in [0.2, 0.25) is 5.02 Å². The Morgan fingerprint density at radius 2 is 1.72 bits per heavy atom. The lowest BCUT2D eigenvalue weighted by Gasteiger charge is -2.09.